The third-order valence-corrected chi connectivity index (χ3v) is 6.49. The number of nitrogens with zero attached hydrogens (tertiary/aromatic N) is 2. The van der Waals surface area contributed by atoms with Crippen LogP contribution in [0.15, 0.2) is 34.5 Å². The predicted octanol–water partition coefficient (Wildman–Crippen LogP) is 3.08. The zero-order valence-corrected chi connectivity index (χ0v) is 14.4. The van der Waals surface area contributed by atoms with E-state index in [2.05, 4.69) is 9.82 Å². The van der Waals surface area contributed by atoms with Gasteiger partial charge in [0.15, 0.2) is 0 Å². The Morgan fingerprint density at radius 1 is 1.36 bits per heavy atom. The first-order chi connectivity index (χ1) is 10.4. The average Bonchev–Trinajstić information content (AvgIpc) is 2.98. The second-order valence-corrected chi connectivity index (χ2v) is 7.88. The van der Waals surface area contributed by atoms with Crippen LogP contribution in [0.4, 0.5) is 0 Å². The Morgan fingerprint density at radius 3 is 2.77 bits per heavy atom. The molecule has 0 aliphatic rings. The van der Waals surface area contributed by atoms with E-state index in [4.69, 9.17) is 11.6 Å². The van der Waals surface area contributed by atoms with Crippen molar-refractivity contribution < 1.29 is 8.42 Å². The third-order valence-electron chi connectivity index (χ3n) is 3.38. The van der Waals surface area contributed by atoms with Gasteiger partial charge in [0.2, 0.25) is 10.0 Å². The summed E-state index contributed by atoms with van der Waals surface area (Å²) in [5.41, 5.74) is 1.33. The molecule has 8 heteroatoms. The maximum atomic E-state index is 12.5. The van der Waals surface area contributed by atoms with Crippen LogP contribution in [0.25, 0.3) is 10.1 Å². The monoisotopic (exact) mass is 355 g/mol. The van der Waals surface area contributed by atoms with Crippen molar-refractivity contribution in [2.24, 2.45) is 7.05 Å². The van der Waals surface area contributed by atoms with Crippen LogP contribution in [0.5, 0.6) is 0 Å². The Balaban J connectivity index is 1.89. The molecule has 1 aromatic carbocycles. The van der Waals surface area contributed by atoms with Crippen LogP contribution in [-0.2, 0) is 23.6 Å². The van der Waals surface area contributed by atoms with Crippen LogP contribution in [-0.4, -0.2) is 18.2 Å². The number of thiophene rings is 1. The zero-order chi connectivity index (χ0) is 15.9. The number of aryl methyl sites for hydroxylation is 2. The number of fused-ring (bicyclic) bond motifs is 1. The minimum absolute atomic E-state index is 0.0381. The number of hydrogen-bond acceptors (Lipinski definition) is 4. The fourth-order valence-electron chi connectivity index (χ4n) is 2.33. The van der Waals surface area contributed by atoms with Gasteiger partial charge in [0.1, 0.15) is 10.0 Å². The van der Waals surface area contributed by atoms with Gasteiger partial charge in [-0.3, -0.25) is 4.68 Å². The van der Waals surface area contributed by atoms with E-state index in [0.717, 1.165) is 15.6 Å². The number of rotatable bonds is 4. The van der Waals surface area contributed by atoms with Gasteiger partial charge in [-0.1, -0.05) is 29.8 Å². The summed E-state index contributed by atoms with van der Waals surface area (Å²) in [4.78, 5) is 0.0381. The highest BCUT2D eigenvalue weighted by Crippen LogP contribution is 2.27. The van der Waals surface area contributed by atoms with Gasteiger partial charge in [0.05, 0.1) is 5.69 Å². The quantitative estimate of drug-likeness (QED) is 0.782. The molecule has 2 heterocycles. The highest BCUT2D eigenvalue weighted by atomic mass is 35.5. The lowest BCUT2D eigenvalue weighted by molar-refractivity contribution is 0.581. The van der Waals surface area contributed by atoms with Crippen molar-refractivity contribution in [2.45, 2.75) is 18.4 Å². The molecule has 3 aromatic rings. The Kier molecular flexibility index (Phi) is 3.98. The van der Waals surface area contributed by atoms with Crippen molar-refractivity contribution >= 4 is 43.0 Å². The Labute approximate surface area is 137 Å². The first-order valence-corrected chi connectivity index (χ1v) is 9.28. The lowest BCUT2D eigenvalue weighted by atomic mass is 10.2. The molecular formula is C14H14ClN3O2S2. The van der Waals surface area contributed by atoms with Crippen LogP contribution in [0.2, 0.25) is 5.15 Å². The van der Waals surface area contributed by atoms with Crippen molar-refractivity contribution in [3.8, 4) is 0 Å². The SMILES string of the molecule is Cc1nn(C)c(Cl)c1S(=O)(=O)NCc1csc2ccccc12. The molecule has 0 spiro atoms. The average molecular weight is 356 g/mol. The molecule has 0 fully saturated rings. The van der Waals surface area contributed by atoms with Gasteiger partial charge in [0.25, 0.3) is 0 Å². The van der Waals surface area contributed by atoms with E-state index in [9.17, 15) is 8.42 Å². The normalized spacial score (nSPS) is 12.1. The molecule has 2 aromatic heterocycles. The van der Waals surface area contributed by atoms with E-state index in [0.29, 0.717) is 5.69 Å². The van der Waals surface area contributed by atoms with Gasteiger partial charge in [0, 0.05) is 18.3 Å². The number of nitrogens with one attached hydrogen (secondary N) is 1. The Morgan fingerprint density at radius 2 is 2.09 bits per heavy atom. The van der Waals surface area contributed by atoms with Crippen molar-refractivity contribution in [1.82, 2.24) is 14.5 Å². The molecule has 0 atom stereocenters. The Bertz CT molecular complexity index is 944. The largest absolute Gasteiger partial charge is 0.255 e. The standard InChI is InChI=1S/C14H14ClN3O2S2/c1-9-13(14(15)18(2)17-9)22(19,20)16-7-10-8-21-12-6-4-3-5-11(10)12/h3-6,8,16H,7H2,1-2H3. The summed E-state index contributed by atoms with van der Waals surface area (Å²) in [6, 6.07) is 7.90. The van der Waals surface area contributed by atoms with Crippen LogP contribution in [0.3, 0.4) is 0 Å². The van der Waals surface area contributed by atoms with Gasteiger partial charge in [-0.05, 0) is 29.3 Å². The number of halogens is 1. The maximum Gasteiger partial charge on any atom is 0.245 e. The first kappa shape index (κ1) is 15.5. The molecule has 22 heavy (non-hydrogen) atoms. The van der Waals surface area contributed by atoms with Gasteiger partial charge >= 0.3 is 0 Å². The topological polar surface area (TPSA) is 64.0 Å². The molecular weight excluding hydrogens is 342 g/mol. The minimum atomic E-state index is -3.71. The molecule has 116 valence electrons. The van der Waals surface area contributed by atoms with Crippen LogP contribution >= 0.6 is 22.9 Å². The van der Waals surface area contributed by atoms with E-state index in [1.807, 2.05) is 29.6 Å². The van der Waals surface area contributed by atoms with E-state index in [-0.39, 0.29) is 16.6 Å². The maximum absolute atomic E-state index is 12.5. The van der Waals surface area contributed by atoms with Crippen molar-refractivity contribution in [2.75, 3.05) is 0 Å². The minimum Gasteiger partial charge on any atom is -0.255 e. The lowest BCUT2D eigenvalue weighted by Gasteiger charge is -2.06. The molecule has 0 saturated carbocycles. The van der Waals surface area contributed by atoms with Gasteiger partial charge in [-0.15, -0.1) is 11.3 Å². The number of benzene rings is 1. The van der Waals surface area contributed by atoms with E-state index < -0.39 is 10.0 Å². The summed E-state index contributed by atoms with van der Waals surface area (Å²) < 4.78 is 30.0. The molecule has 0 unspecified atom stereocenters. The molecule has 3 rings (SSSR count). The summed E-state index contributed by atoms with van der Waals surface area (Å²) in [6.45, 7) is 1.84. The number of hydrogen-bond donors (Lipinski definition) is 1. The molecule has 0 aliphatic carbocycles. The van der Waals surface area contributed by atoms with E-state index in [1.54, 1.807) is 25.3 Å². The van der Waals surface area contributed by atoms with Crippen molar-refractivity contribution in [3.05, 3.63) is 46.1 Å². The van der Waals surface area contributed by atoms with Crippen molar-refractivity contribution in [1.29, 1.82) is 0 Å². The molecule has 0 amide bonds. The zero-order valence-electron chi connectivity index (χ0n) is 12.0. The highest BCUT2D eigenvalue weighted by Gasteiger charge is 2.25. The lowest BCUT2D eigenvalue weighted by Crippen LogP contribution is -2.23. The molecule has 0 bridgehead atoms. The summed E-state index contributed by atoms with van der Waals surface area (Å²) in [6.07, 6.45) is 0. The van der Waals surface area contributed by atoms with Gasteiger partial charge in [-0.2, -0.15) is 5.10 Å². The smallest absolute Gasteiger partial charge is 0.245 e. The molecule has 0 aliphatic heterocycles. The summed E-state index contributed by atoms with van der Waals surface area (Å²) >= 11 is 7.63. The van der Waals surface area contributed by atoms with Crippen LogP contribution < -0.4 is 4.72 Å². The third kappa shape index (κ3) is 2.65. The molecule has 5 nitrogen and oxygen atoms in total. The number of aromatic nitrogens is 2. The summed E-state index contributed by atoms with van der Waals surface area (Å²) in [5, 5.41) is 7.17. The second kappa shape index (κ2) is 5.66. The van der Waals surface area contributed by atoms with Gasteiger partial charge in [-0.25, -0.2) is 13.1 Å². The fourth-order valence-corrected chi connectivity index (χ4v) is 5.05. The van der Waals surface area contributed by atoms with E-state index in [1.165, 1.54) is 4.68 Å². The molecule has 0 radical (unpaired) electrons. The number of sulfonamides is 1. The summed E-state index contributed by atoms with van der Waals surface area (Å²) in [7, 11) is -2.09. The van der Waals surface area contributed by atoms with Gasteiger partial charge < -0.3 is 0 Å². The van der Waals surface area contributed by atoms with E-state index >= 15 is 0 Å². The second-order valence-electron chi connectivity index (χ2n) is 4.91. The predicted molar refractivity (Wildman–Crippen MR) is 88.8 cm³/mol. The molecule has 1 N–H and O–H groups in total. The van der Waals surface area contributed by atoms with Crippen molar-refractivity contribution in [3.63, 3.8) is 0 Å². The molecule has 0 saturated heterocycles. The summed E-state index contributed by atoms with van der Waals surface area (Å²) in [5.74, 6) is 0. The Hall–Kier alpha value is -1.41. The van der Waals surface area contributed by atoms with Crippen LogP contribution in [0, 0.1) is 6.92 Å². The van der Waals surface area contributed by atoms with Crippen LogP contribution in [0.1, 0.15) is 11.3 Å². The fraction of sp³-hybridized carbons (Fsp3) is 0.214. The first-order valence-electron chi connectivity index (χ1n) is 6.54. The highest BCUT2D eigenvalue weighted by molar-refractivity contribution is 7.89.